The van der Waals surface area contributed by atoms with Gasteiger partial charge in [-0.2, -0.15) is 4.99 Å². The van der Waals surface area contributed by atoms with Crippen LogP contribution in [0, 0.1) is 0 Å². The molecule has 3 aromatic heterocycles. The topological polar surface area (TPSA) is 299 Å². The number of phosphoric acid groups is 1. The van der Waals surface area contributed by atoms with Crippen molar-refractivity contribution in [2.24, 2.45) is 16.5 Å². The molecule has 20 nitrogen and oxygen atoms in total. The number of nitrogen functional groups attached to an aromatic ring is 1. The smallest absolute Gasteiger partial charge is 0.394 e. The third-order valence-electron chi connectivity index (χ3n) is 6.99. The molecule has 0 bridgehead atoms. The molecule has 2 saturated heterocycles. The van der Waals surface area contributed by atoms with Crippen LogP contribution in [-0.4, -0.2) is 105 Å². The number of aliphatic imine (C=N–C) groups is 1. The van der Waals surface area contributed by atoms with Crippen molar-refractivity contribution in [1.82, 2.24) is 34.4 Å². The van der Waals surface area contributed by atoms with Crippen molar-refractivity contribution in [3.8, 4) is 0 Å². The number of phosphoric ester groups is 1. The van der Waals surface area contributed by atoms with Gasteiger partial charge in [-0.15, -0.1) is 0 Å². The van der Waals surface area contributed by atoms with Gasteiger partial charge in [0.2, 0.25) is 0 Å². The summed E-state index contributed by atoms with van der Waals surface area (Å²) in [6, 6.07) is 0. The molecule has 0 amide bonds. The van der Waals surface area contributed by atoms with Gasteiger partial charge in [-0.1, -0.05) is 0 Å². The average Bonchev–Trinajstić information content (AvgIpc) is 3.69. The molecule has 0 aromatic carbocycles. The van der Waals surface area contributed by atoms with E-state index < -0.39 is 76.3 Å². The number of aliphatic hydroxyl groups excluding tert-OH is 3. The highest BCUT2D eigenvalue weighted by Gasteiger charge is 2.52. The van der Waals surface area contributed by atoms with Crippen LogP contribution in [0.3, 0.4) is 0 Å². The van der Waals surface area contributed by atoms with Crippen molar-refractivity contribution in [1.29, 1.82) is 0 Å². The standard InChI is InChI=1S/C20H27FN11O9P/c21-8-6(1-33)39-19(32-5-28-10-15(23)29-20(24)30-17(10)32)13(8)41-42(36,37)38-2-7-11(34)12(35)18(40-7)31-4-27-9-14(22)25-3-26-16(9)31/h3-8,11-13,15,18-19,33-35H,1-2,23H2,(H,36,37)(H2,22,25,26)(H3,24,29,30)/t6-,7-,8?,11?,12?,13?,15?,18-,19-/m1/s1. The summed E-state index contributed by atoms with van der Waals surface area (Å²) in [6.45, 7) is -1.54. The van der Waals surface area contributed by atoms with Crippen molar-refractivity contribution < 1.29 is 47.7 Å². The molecule has 3 aliphatic heterocycles. The fraction of sp³-hybridized carbons (Fsp3) is 0.550. The van der Waals surface area contributed by atoms with Crippen LogP contribution in [0.1, 0.15) is 24.3 Å². The Morgan fingerprint density at radius 1 is 1.07 bits per heavy atom. The number of alkyl halides is 1. The zero-order valence-electron chi connectivity index (χ0n) is 21.4. The van der Waals surface area contributed by atoms with Crippen LogP contribution < -0.4 is 22.5 Å². The second-order valence-electron chi connectivity index (χ2n) is 9.64. The van der Waals surface area contributed by atoms with Crippen LogP contribution in [0.5, 0.6) is 0 Å². The van der Waals surface area contributed by atoms with Gasteiger partial charge in [-0.3, -0.25) is 18.2 Å². The van der Waals surface area contributed by atoms with Crippen molar-refractivity contribution in [2.45, 2.75) is 55.3 Å². The summed E-state index contributed by atoms with van der Waals surface area (Å²) < 4.78 is 52.2. The second kappa shape index (κ2) is 10.7. The maximum atomic E-state index is 15.3. The number of ether oxygens (including phenoxy) is 2. The van der Waals surface area contributed by atoms with E-state index in [0.717, 1.165) is 0 Å². The van der Waals surface area contributed by atoms with Crippen LogP contribution in [0.4, 0.5) is 16.0 Å². The number of hydrogen-bond donors (Lipinski definition) is 8. The van der Waals surface area contributed by atoms with Gasteiger partial charge >= 0.3 is 7.82 Å². The van der Waals surface area contributed by atoms with Crippen LogP contribution in [0.2, 0.25) is 0 Å². The third-order valence-corrected chi connectivity index (χ3v) is 7.98. The Bertz CT molecular complexity index is 1560. The molecule has 3 aromatic rings. The highest BCUT2D eigenvalue weighted by molar-refractivity contribution is 7.47. The Hall–Kier alpha value is -3.37. The van der Waals surface area contributed by atoms with Gasteiger partial charge in [0.1, 0.15) is 54.2 Å². The zero-order chi connectivity index (χ0) is 29.9. The Balaban J connectivity index is 1.17. The van der Waals surface area contributed by atoms with E-state index in [4.69, 9.17) is 35.7 Å². The minimum atomic E-state index is -5.09. The molecule has 0 radical (unpaired) electrons. The van der Waals surface area contributed by atoms with Gasteiger partial charge in [-0.25, -0.2) is 28.9 Å². The van der Waals surface area contributed by atoms with Crippen LogP contribution in [0.25, 0.3) is 11.2 Å². The molecule has 22 heteroatoms. The molecule has 10 atom stereocenters. The lowest BCUT2D eigenvalue weighted by molar-refractivity contribution is -0.0620. The number of imidazole rings is 2. The van der Waals surface area contributed by atoms with Crippen LogP contribution in [0.15, 0.2) is 24.0 Å². The number of nitrogens with one attached hydrogen (secondary N) is 1. The molecule has 6 rings (SSSR count). The van der Waals surface area contributed by atoms with Crippen molar-refractivity contribution in [2.75, 3.05) is 18.9 Å². The molecule has 0 aliphatic carbocycles. The monoisotopic (exact) mass is 615 g/mol. The quantitative estimate of drug-likeness (QED) is 0.118. The molecule has 2 fully saturated rings. The molecule has 0 spiro atoms. The molecule has 42 heavy (non-hydrogen) atoms. The highest BCUT2D eigenvalue weighted by atomic mass is 31.2. The van der Waals surface area contributed by atoms with E-state index in [9.17, 15) is 24.8 Å². The van der Waals surface area contributed by atoms with E-state index in [1.54, 1.807) is 0 Å². The summed E-state index contributed by atoms with van der Waals surface area (Å²) in [7, 11) is -5.09. The number of nitrogens with zero attached hydrogens (tertiary/aromatic N) is 7. The number of rotatable bonds is 8. The maximum Gasteiger partial charge on any atom is 0.472 e. The molecular formula is C20H27FN11O9P. The molecule has 228 valence electrons. The number of guanidine groups is 1. The van der Waals surface area contributed by atoms with Gasteiger partial charge < -0.3 is 52.2 Å². The van der Waals surface area contributed by atoms with Crippen molar-refractivity contribution >= 4 is 36.6 Å². The number of halogens is 1. The summed E-state index contributed by atoms with van der Waals surface area (Å²) in [6.07, 6.45) is -9.63. The number of aromatic nitrogens is 6. The lowest BCUT2D eigenvalue weighted by atomic mass is 10.1. The minimum absolute atomic E-state index is 0.0610. The lowest BCUT2D eigenvalue weighted by Crippen LogP contribution is -2.41. The summed E-state index contributed by atoms with van der Waals surface area (Å²) in [5.41, 5.74) is 18.2. The molecule has 3 aliphatic rings. The Labute approximate surface area is 234 Å². The molecule has 6 unspecified atom stereocenters. The molecule has 0 saturated carbocycles. The maximum absolute atomic E-state index is 15.3. The van der Waals surface area contributed by atoms with E-state index in [1.807, 2.05) is 0 Å². The fourth-order valence-corrected chi connectivity index (χ4v) is 5.87. The van der Waals surface area contributed by atoms with Crippen LogP contribution in [-0.2, 0) is 23.1 Å². The Morgan fingerprint density at radius 2 is 1.81 bits per heavy atom. The van der Waals surface area contributed by atoms with E-state index in [0.29, 0.717) is 0 Å². The van der Waals surface area contributed by atoms with Gasteiger partial charge in [0.15, 0.2) is 41.9 Å². The number of nitrogens with two attached hydrogens (primary N) is 3. The molecule has 11 N–H and O–H groups in total. The van der Waals surface area contributed by atoms with Crippen LogP contribution >= 0.6 is 7.82 Å². The SMILES string of the molecule is NC1=Nc2c(ncn2[C@@H]2O[C@H](CO)C(F)C2OP(=O)(O)OC[C@H]2O[C@@H](n3cnc4c(N)ncnc43)C(O)C2O)C(N)N1. The lowest BCUT2D eigenvalue weighted by Gasteiger charge is -2.25. The van der Waals surface area contributed by atoms with E-state index in [2.05, 4.69) is 30.2 Å². The second-order valence-corrected chi connectivity index (χ2v) is 11.0. The van der Waals surface area contributed by atoms with Gasteiger partial charge in [0.25, 0.3) is 0 Å². The Morgan fingerprint density at radius 3 is 2.57 bits per heavy atom. The normalized spacial score (nSPS) is 34.2. The predicted molar refractivity (Wildman–Crippen MR) is 136 cm³/mol. The first-order chi connectivity index (χ1) is 20.0. The average molecular weight is 615 g/mol. The fourth-order valence-electron chi connectivity index (χ4n) is 4.95. The highest BCUT2D eigenvalue weighted by Crippen LogP contribution is 2.51. The summed E-state index contributed by atoms with van der Waals surface area (Å²) in [5.74, 6) is 0.104. The first-order valence-electron chi connectivity index (χ1n) is 12.4. The minimum Gasteiger partial charge on any atom is -0.394 e. The summed E-state index contributed by atoms with van der Waals surface area (Å²) in [4.78, 5) is 30.7. The van der Waals surface area contributed by atoms with Gasteiger partial charge in [0.05, 0.1) is 25.9 Å². The number of fused-ring (bicyclic) bond motifs is 2. The number of anilines is 1. The van der Waals surface area contributed by atoms with Crippen molar-refractivity contribution in [3.05, 3.63) is 24.7 Å². The van der Waals surface area contributed by atoms with Crippen molar-refractivity contribution in [3.63, 3.8) is 0 Å². The van der Waals surface area contributed by atoms with E-state index in [1.165, 1.54) is 28.1 Å². The Kier molecular flexibility index (Phi) is 7.33. The first-order valence-corrected chi connectivity index (χ1v) is 13.9. The third kappa shape index (κ3) is 4.88. The predicted octanol–water partition coefficient (Wildman–Crippen LogP) is -2.84. The number of hydrogen-bond acceptors (Lipinski definition) is 17. The molecular weight excluding hydrogens is 588 g/mol. The van der Waals surface area contributed by atoms with E-state index in [-0.39, 0.29) is 34.5 Å². The van der Waals surface area contributed by atoms with E-state index >= 15 is 4.39 Å². The van der Waals surface area contributed by atoms with Gasteiger partial charge in [0, 0.05) is 0 Å². The number of aliphatic hydroxyl groups is 3. The summed E-state index contributed by atoms with van der Waals surface area (Å²) >= 11 is 0. The summed E-state index contributed by atoms with van der Waals surface area (Å²) in [5, 5.41) is 33.4. The van der Waals surface area contributed by atoms with Gasteiger partial charge in [-0.05, 0) is 0 Å². The largest absolute Gasteiger partial charge is 0.472 e. The zero-order valence-corrected chi connectivity index (χ0v) is 22.3. The molecule has 6 heterocycles. The first kappa shape index (κ1) is 28.7.